The third-order valence-corrected chi connectivity index (χ3v) is 3.32. The van der Waals surface area contributed by atoms with Crippen molar-refractivity contribution >= 4 is 40.2 Å². The lowest BCUT2D eigenvalue weighted by Crippen LogP contribution is -2.19. The number of hydrogen-bond donors (Lipinski definition) is 2. The predicted octanol–water partition coefficient (Wildman–Crippen LogP) is 1.71. The van der Waals surface area contributed by atoms with Crippen LogP contribution in [0.15, 0.2) is 29.2 Å². The Kier molecular flexibility index (Phi) is 4.03. The summed E-state index contributed by atoms with van der Waals surface area (Å²) in [6.07, 6.45) is 0.925. The summed E-state index contributed by atoms with van der Waals surface area (Å²) in [7, 11) is 0. The number of nitro groups is 1. The number of nitrogens with zero attached hydrogens (tertiary/aromatic N) is 1. The fraction of sp³-hybridized carbons (Fsp3) is 0.0833. The van der Waals surface area contributed by atoms with Gasteiger partial charge in [-0.15, -0.1) is 0 Å². The SMILES string of the molecule is Cc1ccc(NC(=O)/C=C2\SC(=O)NC2=O)c([N+](=O)[O-])c1. The molecule has 1 aliphatic rings. The Morgan fingerprint density at radius 3 is 2.71 bits per heavy atom. The third-order valence-electron chi connectivity index (χ3n) is 2.51. The number of amides is 3. The maximum Gasteiger partial charge on any atom is 0.293 e. The molecule has 1 fully saturated rings. The van der Waals surface area contributed by atoms with E-state index >= 15 is 0 Å². The molecule has 1 aromatic rings. The Balaban J connectivity index is 2.21. The smallest absolute Gasteiger partial charge is 0.293 e. The highest BCUT2D eigenvalue weighted by Crippen LogP contribution is 2.26. The number of carbonyl (C=O) groups is 3. The maximum absolute atomic E-state index is 11.8. The first kappa shape index (κ1) is 14.7. The van der Waals surface area contributed by atoms with Crippen molar-refractivity contribution in [2.75, 3.05) is 5.32 Å². The van der Waals surface area contributed by atoms with Crippen LogP contribution in [0.5, 0.6) is 0 Å². The van der Waals surface area contributed by atoms with Crippen LogP contribution in [0.3, 0.4) is 0 Å². The minimum Gasteiger partial charge on any atom is -0.317 e. The van der Waals surface area contributed by atoms with Gasteiger partial charge in [-0.1, -0.05) is 6.07 Å². The van der Waals surface area contributed by atoms with Crippen LogP contribution in [0.25, 0.3) is 0 Å². The molecule has 0 unspecified atom stereocenters. The van der Waals surface area contributed by atoms with Crippen LogP contribution in [0.4, 0.5) is 16.2 Å². The zero-order valence-electron chi connectivity index (χ0n) is 10.7. The summed E-state index contributed by atoms with van der Waals surface area (Å²) in [5.41, 5.74) is 0.443. The molecular formula is C12H9N3O5S. The average Bonchev–Trinajstić information content (AvgIpc) is 2.69. The summed E-state index contributed by atoms with van der Waals surface area (Å²) < 4.78 is 0. The molecule has 1 saturated heterocycles. The van der Waals surface area contributed by atoms with Crippen LogP contribution in [0.2, 0.25) is 0 Å². The molecule has 108 valence electrons. The Labute approximate surface area is 122 Å². The minimum atomic E-state index is -0.727. The van der Waals surface area contributed by atoms with Crippen LogP contribution < -0.4 is 10.6 Å². The number of nitro benzene ring substituents is 1. The largest absolute Gasteiger partial charge is 0.317 e. The van der Waals surface area contributed by atoms with Crippen LogP contribution in [0, 0.1) is 17.0 Å². The van der Waals surface area contributed by atoms with Gasteiger partial charge in [0, 0.05) is 12.1 Å². The number of anilines is 1. The van der Waals surface area contributed by atoms with Crippen LogP contribution in [-0.2, 0) is 9.59 Å². The monoisotopic (exact) mass is 307 g/mol. The lowest BCUT2D eigenvalue weighted by Gasteiger charge is -2.04. The van der Waals surface area contributed by atoms with E-state index in [1.54, 1.807) is 13.0 Å². The van der Waals surface area contributed by atoms with Gasteiger partial charge in [-0.3, -0.25) is 29.8 Å². The highest BCUT2D eigenvalue weighted by molar-refractivity contribution is 8.18. The summed E-state index contributed by atoms with van der Waals surface area (Å²) in [4.78, 5) is 44.2. The molecule has 1 heterocycles. The zero-order chi connectivity index (χ0) is 15.6. The highest BCUT2D eigenvalue weighted by atomic mass is 32.2. The molecule has 21 heavy (non-hydrogen) atoms. The van der Waals surface area contributed by atoms with Crippen molar-refractivity contribution in [2.24, 2.45) is 0 Å². The predicted molar refractivity (Wildman–Crippen MR) is 75.7 cm³/mol. The van der Waals surface area contributed by atoms with Gasteiger partial charge in [0.05, 0.1) is 9.83 Å². The number of carbonyl (C=O) groups excluding carboxylic acids is 3. The van der Waals surface area contributed by atoms with Gasteiger partial charge in [-0.2, -0.15) is 0 Å². The number of nitrogens with one attached hydrogen (secondary N) is 2. The second-order valence-corrected chi connectivity index (χ2v) is 5.13. The van der Waals surface area contributed by atoms with E-state index in [-0.39, 0.29) is 16.3 Å². The van der Waals surface area contributed by atoms with Crippen molar-refractivity contribution in [1.82, 2.24) is 5.32 Å². The third kappa shape index (κ3) is 3.45. The zero-order valence-corrected chi connectivity index (χ0v) is 11.5. The van der Waals surface area contributed by atoms with Crippen LogP contribution in [0.1, 0.15) is 5.56 Å². The van der Waals surface area contributed by atoms with Crippen molar-refractivity contribution in [1.29, 1.82) is 0 Å². The molecule has 9 heteroatoms. The molecule has 0 radical (unpaired) electrons. The van der Waals surface area contributed by atoms with E-state index < -0.39 is 22.0 Å². The topological polar surface area (TPSA) is 118 Å². The summed E-state index contributed by atoms with van der Waals surface area (Å²) in [6.45, 7) is 1.69. The Morgan fingerprint density at radius 1 is 1.43 bits per heavy atom. The Morgan fingerprint density at radius 2 is 2.14 bits per heavy atom. The molecule has 3 amide bonds. The fourth-order valence-corrected chi connectivity index (χ4v) is 2.26. The second-order valence-electron chi connectivity index (χ2n) is 4.12. The number of thioether (sulfide) groups is 1. The van der Waals surface area contributed by atoms with Crippen molar-refractivity contribution in [2.45, 2.75) is 6.92 Å². The molecule has 0 bridgehead atoms. The van der Waals surface area contributed by atoms with Gasteiger partial charge in [0.2, 0.25) is 5.91 Å². The molecule has 2 rings (SSSR count). The van der Waals surface area contributed by atoms with E-state index in [0.29, 0.717) is 17.3 Å². The van der Waals surface area contributed by atoms with E-state index in [2.05, 4.69) is 5.32 Å². The maximum atomic E-state index is 11.8. The van der Waals surface area contributed by atoms with Gasteiger partial charge in [0.1, 0.15) is 5.69 Å². The van der Waals surface area contributed by atoms with Crippen molar-refractivity contribution in [3.8, 4) is 0 Å². The van der Waals surface area contributed by atoms with E-state index in [9.17, 15) is 24.5 Å². The first-order chi connectivity index (χ1) is 9.86. The molecule has 8 nitrogen and oxygen atoms in total. The number of rotatable bonds is 3. The van der Waals surface area contributed by atoms with Crippen LogP contribution >= 0.6 is 11.8 Å². The van der Waals surface area contributed by atoms with Gasteiger partial charge >= 0.3 is 0 Å². The van der Waals surface area contributed by atoms with Gasteiger partial charge in [0.15, 0.2) is 0 Å². The van der Waals surface area contributed by atoms with Gasteiger partial charge in [0.25, 0.3) is 16.8 Å². The first-order valence-corrected chi connectivity index (χ1v) is 6.49. The average molecular weight is 307 g/mol. The molecule has 2 N–H and O–H groups in total. The number of imide groups is 1. The molecule has 0 atom stereocenters. The lowest BCUT2D eigenvalue weighted by atomic mass is 10.2. The second kappa shape index (κ2) is 5.75. The molecule has 1 aliphatic heterocycles. The van der Waals surface area contributed by atoms with E-state index in [4.69, 9.17) is 0 Å². The quantitative estimate of drug-likeness (QED) is 0.498. The molecule has 0 saturated carbocycles. The molecule has 0 spiro atoms. The van der Waals surface area contributed by atoms with Gasteiger partial charge < -0.3 is 5.32 Å². The van der Waals surface area contributed by atoms with E-state index in [1.165, 1.54) is 12.1 Å². The lowest BCUT2D eigenvalue weighted by molar-refractivity contribution is -0.384. The molecule has 0 aliphatic carbocycles. The fourth-order valence-electron chi connectivity index (χ4n) is 1.61. The number of aryl methyl sites for hydroxylation is 1. The Bertz CT molecular complexity index is 698. The van der Waals surface area contributed by atoms with Crippen molar-refractivity contribution in [3.05, 3.63) is 44.9 Å². The van der Waals surface area contributed by atoms with E-state index in [0.717, 1.165) is 6.08 Å². The molecule has 0 aromatic heterocycles. The summed E-state index contributed by atoms with van der Waals surface area (Å²) >= 11 is 0.592. The molecular weight excluding hydrogens is 298 g/mol. The summed E-state index contributed by atoms with van der Waals surface area (Å²) in [5.74, 6) is -1.40. The Hall–Kier alpha value is -2.68. The molecule has 1 aromatic carbocycles. The van der Waals surface area contributed by atoms with Gasteiger partial charge in [-0.05, 0) is 30.3 Å². The standard InChI is InChI=1S/C12H9N3O5S/c1-6-2-3-7(8(4-6)15(19)20)13-10(16)5-9-11(17)14-12(18)21-9/h2-5H,1H3,(H,13,16)(H,14,17,18)/b9-5-. The number of hydrogen-bond acceptors (Lipinski definition) is 6. The number of benzene rings is 1. The van der Waals surface area contributed by atoms with Crippen molar-refractivity contribution in [3.63, 3.8) is 0 Å². The minimum absolute atomic E-state index is 0.0159. The van der Waals surface area contributed by atoms with Gasteiger partial charge in [-0.25, -0.2) is 0 Å². The normalized spacial score (nSPS) is 16.0. The van der Waals surface area contributed by atoms with Crippen molar-refractivity contribution < 1.29 is 19.3 Å². The van der Waals surface area contributed by atoms with E-state index in [1.807, 2.05) is 5.32 Å². The highest BCUT2D eigenvalue weighted by Gasteiger charge is 2.26. The van der Waals surface area contributed by atoms with Crippen LogP contribution in [-0.4, -0.2) is 22.0 Å². The summed E-state index contributed by atoms with van der Waals surface area (Å²) in [5, 5.41) is 14.7. The summed E-state index contributed by atoms with van der Waals surface area (Å²) in [6, 6.07) is 4.33. The first-order valence-electron chi connectivity index (χ1n) is 5.67.